The SMILES string of the molecule is Cc1cc(C=O)cc(C)c1OCc1cc(C#N)ccc1F. The highest BCUT2D eigenvalue weighted by molar-refractivity contribution is 5.76. The molecule has 0 atom stereocenters. The van der Waals surface area contributed by atoms with Crippen LogP contribution in [0.5, 0.6) is 5.75 Å². The molecule has 2 aromatic carbocycles. The molecule has 0 amide bonds. The van der Waals surface area contributed by atoms with Crippen molar-refractivity contribution in [3.8, 4) is 11.8 Å². The summed E-state index contributed by atoms with van der Waals surface area (Å²) in [5, 5.41) is 8.84. The van der Waals surface area contributed by atoms with Gasteiger partial charge in [-0.05, 0) is 55.3 Å². The van der Waals surface area contributed by atoms with E-state index in [1.165, 1.54) is 18.2 Å². The van der Waals surface area contributed by atoms with E-state index in [2.05, 4.69) is 0 Å². The van der Waals surface area contributed by atoms with Crippen LogP contribution in [0.2, 0.25) is 0 Å². The minimum absolute atomic E-state index is 0.0312. The molecule has 0 radical (unpaired) electrons. The predicted molar refractivity (Wildman–Crippen MR) is 76.8 cm³/mol. The second-order valence-electron chi connectivity index (χ2n) is 4.81. The number of aldehydes is 1. The van der Waals surface area contributed by atoms with Crippen molar-refractivity contribution in [2.24, 2.45) is 0 Å². The maximum atomic E-state index is 13.7. The molecule has 106 valence electrons. The molecule has 21 heavy (non-hydrogen) atoms. The lowest BCUT2D eigenvalue weighted by molar-refractivity contribution is 0.112. The van der Waals surface area contributed by atoms with Gasteiger partial charge in [0, 0.05) is 11.1 Å². The molecule has 0 aromatic heterocycles. The summed E-state index contributed by atoms with van der Waals surface area (Å²) in [6.45, 7) is 3.69. The first-order valence-corrected chi connectivity index (χ1v) is 6.43. The molecule has 0 fully saturated rings. The van der Waals surface area contributed by atoms with Gasteiger partial charge in [-0.2, -0.15) is 5.26 Å². The predicted octanol–water partition coefficient (Wildman–Crippen LogP) is 3.71. The second-order valence-corrected chi connectivity index (χ2v) is 4.81. The van der Waals surface area contributed by atoms with Crippen molar-refractivity contribution >= 4 is 6.29 Å². The number of benzene rings is 2. The van der Waals surface area contributed by atoms with Gasteiger partial charge in [-0.3, -0.25) is 4.79 Å². The second kappa shape index (κ2) is 6.19. The van der Waals surface area contributed by atoms with E-state index in [9.17, 15) is 9.18 Å². The van der Waals surface area contributed by atoms with Crippen LogP contribution in [0, 0.1) is 31.0 Å². The van der Waals surface area contributed by atoms with Gasteiger partial charge in [0.1, 0.15) is 24.5 Å². The normalized spacial score (nSPS) is 10.0. The molecule has 0 heterocycles. The molecule has 2 rings (SSSR count). The summed E-state index contributed by atoms with van der Waals surface area (Å²) in [7, 11) is 0. The number of carbonyl (C=O) groups excluding carboxylic acids is 1. The van der Waals surface area contributed by atoms with E-state index in [4.69, 9.17) is 10.00 Å². The molecule has 4 heteroatoms. The van der Waals surface area contributed by atoms with E-state index in [0.29, 0.717) is 22.4 Å². The summed E-state index contributed by atoms with van der Waals surface area (Å²) in [4.78, 5) is 10.8. The Labute approximate surface area is 122 Å². The van der Waals surface area contributed by atoms with Gasteiger partial charge >= 0.3 is 0 Å². The lowest BCUT2D eigenvalue weighted by atomic mass is 10.1. The van der Waals surface area contributed by atoms with Crippen LogP contribution in [0.1, 0.15) is 32.6 Å². The molecule has 0 unspecified atom stereocenters. The molecule has 0 aliphatic rings. The van der Waals surface area contributed by atoms with E-state index in [0.717, 1.165) is 17.4 Å². The fraction of sp³-hybridized carbons (Fsp3) is 0.176. The average Bonchev–Trinajstić information content (AvgIpc) is 2.47. The van der Waals surface area contributed by atoms with Crippen molar-refractivity contribution in [2.75, 3.05) is 0 Å². The van der Waals surface area contributed by atoms with Gasteiger partial charge in [0.15, 0.2) is 0 Å². The number of hydrogen-bond donors (Lipinski definition) is 0. The minimum Gasteiger partial charge on any atom is -0.488 e. The third kappa shape index (κ3) is 3.26. The van der Waals surface area contributed by atoms with E-state index in [-0.39, 0.29) is 6.61 Å². The van der Waals surface area contributed by atoms with Crippen LogP contribution in [-0.4, -0.2) is 6.29 Å². The highest BCUT2D eigenvalue weighted by Crippen LogP contribution is 2.25. The van der Waals surface area contributed by atoms with Crippen molar-refractivity contribution in [3.05, 3.63) is 64.0 Å². The number of nitrogens with zero attached hydrogens (tertiary/aromatic N) is 1. The van der Waals surface area contributed by atoms with E-state index >= 15 is 0 Å². The van der Waals surface area contributed by atoms with Gasteiger partial charge in [-0.1, -0.05) is 0 Å². The van der Waals surface area contributed by atoms with Crippen molar-refractivity contribution < 1.29 is 13.9 Å². The van der Waals surface area contributed by atoms with Gasteiger partial charge in [0.2, 0.25) is 0 Å². The van der Waals surface area contributed by atoms with Crippen LogP contribution in [-0.2, 0) is 6.61 Å². The van der Waals surface area contributed by atoms with Crippen LogP contribution in [0.3, 0.4) is 0 Å². The summed E-state index contributed by atoms with van der Waals surface area (Å²) < 4.78 is 19.4. The van der Waals surface area contributed by atoms with Crippen LogP contribution in [0.15, 0.2) is 30.3 Å². The summed E-state index contributed by atoms with van der Waals surface area (Å²) in [5.41, 5.74) is 2.92. The Hall–Kier alpha value is -2.67. The number of halogens is 1. The van der Waals surface area contributed by atoms with Crippen molar-refractivity contribution in [2.45, 2.75) is 20.5 Å². The van der Waals surface area contributed by atoms with Gasteiger partial charge in [-0.25, -0.2) is 4.39 Å². The number of carbonyl (C=O) groups is 1. The van der Waals surface area contributed by atoms with Gasteiger partial charge in [0.25, 0.3) is 0 Å². The van der Waals surface area contributed by atoms with Gasteiger partial charge in [0.05, 0.1) is 11.6 Å². The fourth-order valence-electron chi connectivity index (χ4n) is 2.18. The topological polar surface area (TPSA) is 50.1 Å². The first-order valence-electron chi connectivity index (χ1n) is 6.43. The van der Waals surface area contributed by atoms with Crippen molar-refractivity contribution in [3.63, 3.8) is 0 Å². The Morgan fingerprint density at radius 3 is 2.48 bits per heavy atom. The fourth-order valence-corrected chi connectivity index (χ4v) is 2.18. The first-order chi connectivity index (χ1) is 10.0. The van der Waals surface area contributed by atoms with E-state index in [1.807, 2.05) is 19.9 Å². The van der Waals surface area contributed by atoms with E-state index in [1.54, 1.807) is 12.1 Å². The number of ether oxygens (including phenoxy) is 1. The van der Waals surface area contributed by atoms with E-state index < -0.39 is 5.82 Å². The molecule has 0 bridgehead atoms. The molecular weight excluding hydrogens is 269 g/mol. The largest absolute Gasteiger partial charge is 0.488 e. The number of rotatable bonds is 4. The lowest BCUT2D eigenvalue weighted by Gasteiger charge is -2.13. The Kier molecular flexibility index (Phi) is 4.34. The third-order valence-electron chi connectivity index (χ3n) is 3.17. The number of aryl methyl sites for hydroxylation is 2. The molecule has 0 saturated carbocycles. The Balaban J connectivity index is 2.25. The minimum atomic E-state index is -0.409. The summed E-state index contributed by atoms with van der Waals surface area (Å²) in [6.07, 6.45) is 0.778. The molecule has 0 spiro atoms. The van der Waals surface area contributed by atoms with Gasteiger partial charge in [-0.15, -0.1) is 0 Å². The van der Waals surface area contributed by atoms with Crippen molar-refractivity contribution in [1.82, 2.24) is 0 Å². The average molecular weight is 283 g/mol. The molecule has 2 aromatic rings. The van der Waals surface area contributed by atoms with Crippen LogP contribution in [0.25, 0.3) is 0 Å². The lowest BCUT2D eigenvalue weighted by Crippen LogP contribution is -2.02. The zero-order valence-electron chi connectivity index (χ0n) is 11.8. The van der Waals surface area contributed by atoms with Crippen LogP contribution >= 0.6 is 0 Å². The standard InChI is InChI=1S/C17H14FNO2/c1-11-5-14(9-20)6-12(2)17(11)21-10-15-7-13(8-19)3-4-16(15)18/h3-7,9H,10H2,1-2H3. The Bertz CT molecular complexity index is 709. The highest BCUT2D eigenvalue weighted by atomic mass is 19.1. The maximum Gasteiger partial charge on any atom is 0.150 e. The third-order valence-corrected chi connectivity index (χ3v) is 3.17. The highest BCUT2D eigenvalue weighted by Gasteiger charge is 2.09. The molecular formula is C17H14FNO2. The zero-order chi connectivity index (χ0) is 15.4. The zero-order valence-corrected chi connectivity index (χ0v) is 11.8. The molecule has 0 aliphatic heterocycles. The Morgan fingerprint density at radius 1 is 1.24 bits per heavy atom. The monoisotopic (exact) mass is 283 g/mol. The molecule has 0 N–H and O–H groups in total. The smallest absolute Gasteiger partial charge is 0.150 e. The number of nitriles is 1. The summed E-state index contributed by atoms with van der Waals surface area (Å²) in [5.74, 6) is 0.219. The quantitative estimate of drug-likeness (QED) is 0.804. The van der Waals surface area contributed by atoms with Crippen LogP contribution < -0.4 is 4.74 Å². The van der Waals surface area contributed by atoms with Crippen LogP contribution in [0.4, 0.5) is 4.39 Å². The number of hydrogen-bond acceptors (Lipinski definition) is 3. The molecule has 0 saturated heterocycles. The maximum absolute atomic E-state index is 13.7. The van der Waals surface area contributed by atoms with Gasteiger partial charge < -0.3 is 4.74 Å². The summed E-state index contributed by atoms with van der Waals surface area (Å²) in [6, 6.07) is 9.56. The Morgan fingerprint density at radius 2 is 1.90 bits per heavy atom. The summed E-state index contributed by atoms with van der Waals surface area (Å²) >= 11 is 0. The molecule has 3 nitrogen and oxygen atoms in total. The molecule has 0 aliphatic carbocycles. The first kappa shape index (κ1) is 14.7. The van der Waals surface area contributed by atoms with Crippen molar-refractivity contribution in [1.29, 1.82) is 5.26 Å².